The van der Waals surface area contributed by atoms with Gasteiger partial charge in [0.25, 0.3) is 0 Å². The lowest BCUT2D eigenvalue weighted by Crippen LogP contribution is -2.56. The maximum absolute atomic E-state index is 11.9. The summed E-state index contributed by atoms with van der Waals surface area (Å²) < 4.78 is 0.321. The quantitative estimate of drug-likeness (QED) is 0.575. The maximum atomic E-state index is 11.9. The Labute approximate surface area is 103 Å². The molecule has 0 aliphatic rings. The summed E-state index contributed by atoms with van der Waals surface area (Å²) in [5, 5.41) is 20.9. The second kappa shape index (κ2) is 6.12. The van der Waals surface area contributed by atoms with Crippen molar-refractivity contribution in [2.45, 2.75) is 38.2 Å². The standard InChI is InChI=1S/C12H23NO4/c1-5-6-7-10(14)12(17,8-11(15)16)9-13(2,3)4/h17H,5-9H2,1-4H3. The molecule has 0 aromatic carbocycles. The molecule has 0 heterocycles. The van der Waals surface area contributed by atoms with Gasteiger partial charge in [-0.15, -0.1) is 0 Å². The lowest BCUT2D eigenvalue weighted by atomic mass is 9.90. The zero-order valence-electron chi connectivity index (χ0n) is 11.2. The summed E-state index contributed by atoms with van der Waals surface area (Å²) in [5.74, 6) is -1.80. The SMILES string of the molecule is CCCCC(=O)C(O)(CC(=O)[O-])C[N+](C)(C)C. The van der Waals surface area contributed by atoms with Crippen LogP contribution in [0.25, 0.3) is 0 Å². The molecule has 1 N–H and O–H groups in total. The number of carbonyl (C=O) groups excluding carboxylic acids is 2. The van der Waals surface area contributed by atoms with E-state index < -0.39 is 23.8 Å². The van der Waals surface area contributed by atoms with Crippen molar-refractivity contribution >= 4 is 11.8 Å². The predicted octanol–water partition coefficient (Wildman–Crippen LogP) is -0.677. The molecule has 0 fully saturated rings. The van der Waals surface area contributed by atoms with Crippen molar-refractivity contribution in [2.24, 2.45) is 0 Å². The van der Waals surface area contributed by atoms with Gasteiger partial charge in [-0.05, 0) is 6.42 Å². The zero-order chi connectivity index (χ0) is 13.7. The minimum Gasteiger partial charge on any atom is -0.550 e. The first kappa shape index (κ1) is 16.1. The first-order valence-corrected chi connectivity index (χ1v) is 5.87. The molecule has 17 heavy (non-hydrogen) atoms. The van der Waals surface area contributed by atoms with E-state index in [0.717, 1.165) is 6.42 Å². The van der Waals surface area contributed by atoms with Gasteiger partial charge in [-0.2, -0.15) is 0 Å². The molecule has 0 saturated carbocycles. The highest BCUT2D eigenvalue weighted by Gasteiger charge is 2.40. The molecule has 1 atom stereocenters. The number of aliphatic carboxylic acids is 1. The van der Waals surface area contributed by atoms with Crippen LogP contribution in [0.15, 0.2) is 0 Å². The molecule has 5 nitrogen and oxygen atoms in total. The number of quaternary nitrogens is 1. The summed E-state index contributed by atoms with van der Waals surface area (Å²) >= 11 is 0. The van der Waals surface area contributed by atoms with E-state index in [4.69, 9.17) is 0 Å². The molecule has 0 aromatic rings. The summed E-state index contributed by atoms with van der Waals surface area (Å²) in [6, 6.07) is 0. The fourth-order valence-electron chi connectivity index (χ4n) is 1.84. The smallest absolute Gasteiger partial charge is 0.177 e. The first-order chi connectivity index (χ1) is 7.60. The highest BCUT2D eigenvalue weighted by molar-refractivity contribution is 5.90. The van der Waals surface area contributed by atoms with Gasteiger partial charge >= 0.3 is 0 Å². The van der Waals surface area contributed by atoms with E-state index in [2.05, 4.69) is 0 Å². The van der Waals surface area contributed by atoms with Gasteiger partial charge in [0.15, 0.2) is 11.4 Å². The molecule has 0 bridgehead atoms. The second-order valence-electron chi connectivity index (χ2n) is 5.56. The Hall–Kier alpha value is -0.940. The molecule has 0 aliphatic carbocycles. The van der Waals surface area contributed by atoms with Crippen LogP contribution in [0.3, 0.4) is 0 Å². The van der Waals surface area contributed by atoms with Crippen molar-refractivity contribution < 1.29 is 24.3 Å². The molecule has 0 spiro atoms. The molecule has 0 saturated heterocycles. The number of hydrogen-bond acceptors (Lipinski definition) is 4. The number of carbonyl (C=O) groups is 2. The van der Waals surface area contributed by atoms with Crippen LogP contribution in [0.2, 0.25) is 0 Å². The Bertz CT molecular complexity index is 283. The highest BCUT2D eigenvalue weighted by atomic mass is 16.4. The van der Waals surface area contributed by atoms with Gasteiger partial charge in [0.05, 0.1) is 21.1 Å². The van der Waals surface area contributed by atoms with Gasteiger partial charge < -0.3 is 19.5 Å². The number of nitrogens with zero attached hydrogens (tertiary/aromatic N) is 1. The largest absolute Gasteiger partial charge is 0.550 e. The zero-order valence-corrected chi connectivity index (χ0v) is 11.2. The van der Waals surface area contributed by atoms with E-state index in [1.807, 2.05) is 6.92 Å². The van der Waals surface area contributed by atoms with Gasteiger partial charge in [-0.25, -0.2) is 0 Å². The van der Waals surface area contributed by atoms with Crippen molar-refractivity contribution in [3.63, 3.8) is 0 Å². The lowest BCUT2D eigenvalue weighted by molar-refractivity contribution is -0.875. The molecule has 0 rings (SSSR count). The molecule has 100 valence electrons. The molecular weight excluding hydrogens is 222 g/mol. The van der Waals surface area contributed by atoms with Crippen molar-refractivity contribution in [1.82, 2.24) is 0 Å². The van der Waals surface area contributed by atoms with Crippen molar-refractivity contribution in [3.8, 4) is 0 Å². The third kappa shape index (κ3) is 6.38. The van der Waals surface area contributed by atoms with Crippen LogP contribution >= 0.6 is 0 Å². The van der Waals surface area contributed by atoms with E-state index in [-0.39, 0.29) is 13.0 Å². The molecule has 1 unspecified atom stereocenters. The number of rotatable bonds is 8. The lowest BCUT2D eigenvalue weighted by Gasteiger charge is -2.34. The monoisotopic (exact) mass is 245 g/mol. The summed E-state index contributed by atoms with van der Waals surface area (Å²) in [6.45, 7) is 2.01. The van der Waals surface area contributed by atoms with Crippen LogP contribution in [-0.2, 0) is 9.59 Å². The third-order valence-electron chi connectivity index (χ3n) is 2.45. The number of hydrogen-bond donors (Lipinski definition) is 1. The Morgan fingerprint density at radius 1 is 1.29 bits per heavy atom. The maximum Gasteiger partial charge on any atom is 0.177 e. The average Bonchev–Trinajstić information content (AvgIpc) is 2.09. The number of unbranched alkanes of at least 4 members (excludes halogenated alkanes) is 1. The third-order valence-corrected chi connectivity index (χ3v) is 2.45. The number of likely N-dealkylation sites (N-methyl/N-ethyl adjacent to an activating group) is 1. The van der Waals surface area contributed by atoms with E-state index in [1.54, 1.807) is 21.1 Å². The van der Waals surface area contributed by atoms with Gasteiger partial charge in [-0.3, -0.25) is 4.79 Å². The minimum absolute atomic E-state index is 0.0729. The van der Waals surface area contributed by atoms with Gasteiger partial charge in [0, 0.05) is 18.8 Å². The first-order valence-electron chi connectivity index (χ1n) is 5.87. The van der Waals surface area contributed by atoms with Crippen LogP contribution in [0.5, 0.6) is 0 Å². The molecular formula is C12H23NO4. The van der Waals surface area contributed by atoms with E-state index in [1.165, 1.54) is 0 Å². The topological polar surface area (TPSA) is 77.4 Å². The van der Waals surface area contributed by atoms with Crippen LogP contribution in [-0.4, -0.2) is 54.6 Å². The summed E-state index contributed by atoms with van der Waals surface area (Å²) in [7, 11) is 5.40. The Balaban J connectivity index is 4.83. The summed E-state index contributed by atoms with van der Waals surface area (Å²) in [4.78, 5) is 22.5. The number of Topliss-reactive ketones (excluding diaryl/α,β-unsaturated/α-hetero) is 1. The van der Waals surface area contributed by atoms with Gasteiger partial charge in [0.2, 0.25) is 0 Å². The fraction of sp³-hybridized carbons (Fsp3) is 0.833. The fourth-order valence-corrected chi connectivity index (χ4v) is 1.84. The molecule has 5 heteroatoms. The van der Waals surface area contributed by atoms with E-state index in [0.29, 0.717) is 10.9 Å². The Kier molecular flexibility index (Phi) is 5.78. The molecule has 0 aliphatic heterocycles. The summed E-state index contributed by atoms with van der Waals surface area (Å²) in [5.41, 5.74) is -1.81. The van der Waals surface area contributed by atoms with E-state index >= 15 is 0 Å². The van der Waals surface area contributed by atoms with Crippen LogP contribution in [0.4, 0.5) is 0 Å². The van der Waals surface area contributed by atoms with Crippen LogP contribution < -0.4 is 5.11 Å². The van der Waals surface area contributed by atoms with Crippen molar-refractivity contribution in [1.29, 1.82) is 0 Å². The van der Waals surface area contributed by atoms with Gasteiger partial charge in [0.1, 0.15) is 6.54 Å². The van der Waals surface area contributed by atoms with E-state index in [9.17, 15) is 19.8 Å². The number of carboxylic acids is 1. The Morgan fingerprint density at radius 2 is 1.82 bits per heavy atom. The number of ketones is 1. The van der Waals surface area contributed by atoms with Crippen molar-refractivity contribution in [2.75, 3.05) is 27.7 Å². The van der Waals surface area contributed by atoms with Crippen molar-refractivity contribution in [3.05, 3.63) is 0 Å². The second-order valence-corrected chi connectivity index (χ2v) is 5.56. The molecule has 0 radical (unpaired) electrons. The normalized spacial score (nSPS) is 15.4. The summed E-state index contributed by atoms with van der Waals surface area (Å²) in [6.07, 6.45) is 1.06. The van der Waals surface area contributed by atoms with Gasteiger partial charge in [-0.1, -0.05) is 13.3 Å². The molecule has 0 aromatic heterocycles. The van der Waals surface area contributed by atoms with Crippen LogP contribution in [0.1, 0.15) is 32.6 Å². The number of carboxylic acid groups (broad SMARTS) is 1. The number of aliphatic hydroxyl groups is 1. The minimum atomic E-state index is -1.81. The highest BCUT2D eigenvalue weighted by Crippen LogP contribution is 2.18. The molecule has 0 amide bonds. The predicted molar refractivity (Wildman–Crippen MR) is 62.0 cm³/mol. The Morgan fingerprint density at radius 3 is 2.18 bits per heavy atom. The average molecular weight is 245 g/mol. The van der Waals surface area contributed by atoms with Crippen LogP contribution in [0, 0.1) is 0 Å².